The lowest BCUT2D eigenvalue weighted by molar-refractivity contribution is -0.112. The minimum atomic E-state index is -0.0950. The van der Waals surface area contributed by atoms with Gasteiger partial charge < -0.3 is 10.5 Å². The minimum absolute atomic E-state index is 0. The molecule has 15 heavy (non-hydrogen) atoms. The second-order valence-corrected chi connectivity index (χ2v) is 3.56. The van der Waals surface area contributed by atoms with Gasteiger partial charge in [0.2, 0.25) is 0 Å². The van der Waals surface area contributed by atoms with Gasteiger partial charge in [-0.25, -0.2) is 0 Å². The lowest BCUT2D eigenvalue weighted by Crippen LogP contribution is -2.28. The number of rotatable bonds is 1. The third kappa shape index (κ3) is 2.71. The number of fused-ring (bicyclic) bond motifs is 1. The molecule has 0 bridgehead atoms. The molecule has 2 atom stereocenters. The zero-order valence-corrected chi connectivity index (χ0v) is 9.89. The van der Waals surface area contributed by atoms with Crippen molar-refractivity contribution in [3.05, 3.63) is 35.4 Å². The Bertz CT molecular complexity index is 330. The van der Waals surface area contributed by atoms with Crippen LogP contribution in [0, 0.1) is 5.92 Å². The average molecular weight is 248 g/mol. The molecule has 4 heteroatoms. The summed E-state index contributed by atoms with van der Waals surface area (Å²) in [5, 5.41) is 0. The highest BCUT2D eigenvalue weighted by Crippen LogP contribution is 2.31. The molecular formula is C11H15Cl2NO. The van der Waals surface area contributed by atoms with Crippen molar-refractivity contribution in [1.29, 1.82) is 0 Å². The number of aldehydes is 1. The molecule has 0 unspecified atom stereocenters. The Balaban J connectivity index is 0.000000980. The van der Waals surface area contributed by atoms with Gasteiger partial charge in [0.25, 0.3) is 0 Å². The van der Waals surface area contributed by atoms with Gasteiger partial charge in [-0.05, 0) is 24.0 Å². The maximum absolute atomic E-state index is 10.7. The molecule has 0 radical (unpaired) electrons. The first-order chi connectivity index (χ1) is 6.33. The summed E-state index contributed by atoms with van der Waals surface area (Å²) >= 11 is 0. The van der Waals surface area contributed by atoms with Crippen molar-refractivity contribution >= 4 is 31.1 Å². The number of benzene rings is 1. The van der Waals surface area contributed by atoms with E-state index in [0.29, 0.717) is 0 Å². The summed E-state index contributed by atoms with van der Waals surface area (Å²) in [4.78, 5) is 10.7. The van der Waals surface area contributed by atoms with Gasteiger partial charge in [-0.1, -0.05) is 24.3 Å². The van der Waals surface area contributed by atoms with Gasteiger partial charge in [-0.15, -0.1) is 24.8 Å². The van der Waals surface area contributed by atoms with Crippen molar-refractivity contribution in [2.24, 2.45) is 11.7 Å². The molecule has 0 amide bonds. The molecule has 2 nitrogen and oxygen atoms in total. The zero-order chi connectivity index (χ0) is 9.26. The number of carbonyl (C=O) groups is 1. The first-order valence-electron chi connectivity index (χ1n) is 4.61. The summed E-state index contributed by atoms with van der Waals surface area (Å²) < 4.78 is 0. The minimum Gasteiger partial charge on any atom is -0.323 e. The van der Waals surface area contributed by atoms with Gasteiger partial charge in [0.05, 0.1) is 0 Å². The maximum Gasteiger partial charge on any atom is 0.124 e. The lowest BCUT2D eigenvalue weighted by Gasteiger charge is -2.27. The molecule has 2 rings (SSSR count). The first-order valence-corrected chi connectivity index (χ1v) is 4.61. The molecular weight excluding hydrogens is 233 g/mol. The van der Waals surface area contributed by atoms with Gasteiger partial charge in [-0.2, -0.15) is 0 Å². The lowest BCUT2D eigenvalue weighted by atomic mass is 9.81. The maximum atomic E-state index is 10.7. The summed E-state index contributed by atoms with van der Waals surface area (Å²) in [5.74, 6) is 0.00917. The Labute approximate surface area is 102 Å². The smallest absolute Gasteiger partial charge is 0.124 e. The summed E-state index contributed by atoms with van der Waals surface area (Å²) in [6.07, 6.45) is 2.86. The molecule has 0 saturated heterocycles. The number of hydrogen-bond acceptors (Lipinski definition) is 2. The fourth-order valence-corrected chi connectivity index (χ4v) is 1.97. The van der Waals surface area contributed by atoms with Crippen LogP contribution in [0.15, 0.2) is 24.3 Å². The first kappa shape index (κ1) is 14.4. The van der Waals surface area contributed by atoms with Crippen LogP contribution < -0.4 is 5.73 Å². The van der Waals surface area contributed by atoms with Crippen LogP contribution in [0.25, 0.3) is 0 Å². The molecule has 0 saturated carbocycles. The van der Waals surface area contributed by atoms with E-state index in [9.17, 15) is 4.79 Å². The van der Waals surface area contributed by atoms with Crippen molar-refractivity contribution < 1.29 is 4.79 Å². The van der Waals surface area contributed by atoms with Crippen LogP contribution in [0.4, 0.5) is 0 Å². The third-order valence-electron chi connectivity index (χ3n) is 2.80. The van der Waals surface area contributed by atoms with Crippen LogP contribution in [-0.2, 0) is 11.2 Å². The fraction of sp³-hybridized carbons (Fsp3) is 0.364. The number of hydrogen-bond donors (Lipinski definition) is 1. The molecule has 2 N–H and O–H groups in total. The molecule has 0 aliphatic heterocycles. The van der Waals surface area contributed by atoms with E-state index in [-0.39, 0.29) is 36.8 Å². The van der Waals surface area contributed by atoms with E-state index >= 15 is 0 Å². The third-order valence-corrected chi connectivity index (χ3v) is 2.80. The molecule has 84 valence electrons. The van der Waals surface area contributed by atoms with Crippen molar-refractivity contribution in [3.63, 3.8) is 0 Å². The summed E-state index contributed by atoms with van der Waals surface area (Å²) in [6.45, 7) is 0. The number of nitrogens with two attached hydrogens (primary N) is 1. The molecule has 1 aliphatic rings. The van der Waals surface area contributed by atoms with E-state index in [4.69, 9.17) is 5.73 Å². The highest BCUT2D eigenvalue weighted by molar-refractivity contribution is 5.85. The van der Waals surface area contributed by atoms with E-state index < -0.39 is 0 Å². The second-order valence-electron chi connectivity index (χ2n) is 3.56. The zero-order valence-electron chi connectivity index (χ0n) is 8.26. The highest BCUT2D eigenvalue weighted by Gasteiger charge is 2.25. The highest BCUT2D eigenvalue weighted by atomic mass is 35.5. The monoisotopic (exact) mass is 247 g/mol. The Morgan fingerprint density at radius 3 is 2.60 bits per heavy atom. The SMILES string of the molecule is Cl.Cl.N[C@H]1c2ccccc2CC[C@H]1C=O. The molecule has 1 aromatic rings. The predicted octanol–water partition coefficient (Wildman–Crippen LogP) is 2.29. The predicted molar refractivity (Wildman–Crippen MR) is 65.7 cm³/mol. The molecule has 0 aromatic heterocycles. The van der Waals surface area contributed by atoms with E-state index in [1.807, 2.05) is 18.2 Å². The van der Waals surface area contributed by atoms with Crippen LogP contribution >= 0.6 is 24.8 Å². The number of carbonyl (C=O) groups excluding carboxylic acids is 1. The van der Waals surface area contributed by atoms with E-state index in [1.54, 1.807) is 0 Å². The van der Waals surface area contributed by atoms with E-state index in [0.717, 1.165) is 24.7 Å². The van der Waals surface area contributed by atoms with Crippen LogP contribution in [0.2, 0.25) is 0 Å². The molecule has 1 aliphatic carbocycles. The van der Waals surface area contributed by atoms with Crippen LogP contribution in [-0.4, -0.2) is 6.29 Å². The van der Waals surface area contributed by atoms with Gasteiger partial charge in [0.1, 0.15) is 6.29 Å². The molecule has 0 heterocycles. The van der Waals surface area contributed by atoms with Gasteiger partial charge in [0.15, 0.2) is 0 Å². The van der Waals surface area contributed by atoms with Gasteiger partial charge >= 0.3 is 0 Å². The Hall–Kier alpha value is -0.570. The molecule has 0 spiro atoms. The van der Waals surface area contributed by atoms with Crippen molar-refractivity contribution in [2.45, 2.75) is 18.9 Å². The Morgan fingerprint density at radius 2 is 1.93 bits per heavy atom. The van der Waals surface area contributed by atoms with E-state index in [2.05, 4.69) is 6.07 Å². The van der Waals surface area contributed by atoms with Crippen LogP contribution in [0.1, 0.15) is 23.6 Å². The van der Waals surface area contributed by atoms with Crippen LogP contribution in [0.5, 0.6) is 0 Å². The van der Waals surface area contributed by atoms with Crippen LogP contribution in [0.3, 0.4) is 0 Å². The summed E-state index contributed by atoms with van der Waals surface area (Å²) in [7, 11) is 0. The topological polar surface area (TPSA) is 43.1 Å². The quantitative estimate of drug-likeness (QED) is 0.775. The molecule has 1 aromatic carbocycles. The fourth-order valence-electron chi connectivity index (χ4n) is 1.97. The number of halogens is 2. The Morgan fingerprint density at radius 1 is 1.27 bits per heavy atom. The van der Waals surface area contributed by atoms with E-state index in [1.165, 1.54) is 5.56 Å². The second kappa shape index (κ2) is 6.11. The van der Waals surface area contributed by atoms with Crippen molar-refractivity contribution in [3.8, 4) is 0 Å². The normalized spacial score (nSPS) is 23.0. The summed E-state index contributed by atoms with van der Waals surface area (Å²) in [6, 6.07) is 8.02. The number of aryl methyl sites for hydroxylation is 1. The largest absolute Gasteiger partial charge is 0.323 e. The molecule has 0 fully saturated rings. The summed E-state index contributed by atoms with van der Waals surface area (Å²) in [5.41, 5.74) is 8.41. The van der Waals surface area contributed by atoms with Gasteiger partial charge in [-0.3, -0.25) is 0 Å². The van der Waals surface area contributed by atoms with Crippen molar-refractivity contribution in [1.82, 2.24) is 0 Å². The average Bonchev–Trinajstić information content (AvgIpc) is 2.19. The Kier molecular flexibility index (Phi) is 5.88. The van der Waals surface area contributed by atoms with Crippen molar-refractivity contribution in [2.75, 3.05) is 0 Å². The standard InChI is InChI=1S/C11H13NO.2ClH/c12-11-9(7-13)6-5-8-3-1-2-4-10(8)11;;/h1-4,7,9,11H,5-6,12H2;2*1H/t9-,11+;;/m0../s1. The van der Waals surface area contributed by atoms with Gasteiger partial charge in [0, 0.05) is 12.0 Å².